The minimum atomic E-state index is -0.404. The fraction of sp³-hybridized carbons (Fsp3) is 0.643. The molecule has 2 aliphatic rings. The zero-order valence-corrected chi connectivity index (χ0v) is 11.9. The molecule has 1 saturated carbocycles. The van der Waals surface area contributed by atoms with Crippen LogP contribution in [-0.2, 0) is 4.79 Å². The first-order valence-electron chi connectivity index (χ1n) is 7.10. The van der Waals surface area contributed by atoms with E-state index < -0.39 is 5.41 Å². The van der Waals surface area contributed by atoms with E-state index in [9.17, 15) is 9.59 Å². The minimum absolute atomic E-state index is 0.0484. The summed E-state index contributed by atoms with van der Waals surface area (Å²) in [5.41, 5.74) is -0.510. The molecule has 0 radical (unpaired) electrons. The van der Waals surface area contributed by atoms with Crippen LogP contribution < -0.4 is 15.8 Å². The van der Waals surface area contributed by atoms with E-state index in [0.717, 1.165) is 31.6 Å². The van der Waals surface area contributed by atoms with Crippen molar-refractivity contribution < 1.29 is 4.79 Å². The number of H-pyrrole nitrogens is 1. The van der Waals surface area contributed by atoms with Crippen molar-refractivity contribution in [1.82, 2.24) is 15.3 Å². The van der Waals surface area contributed by atoms with E-state index in [-0.39, 0.29) is 11.5 Å². The molecule has 1 aliphatic heterocycles. The lowest BCUT2D eigenvalue weighted by Gasteiger charge is -2.23. The molecule has 108 valence electrons. The highest BCUT2D eigenvalue weighted by molar-refractivity contribution is 5.83. The molecule has 1 aromatic rings. The molecule has 1 amide bonds. The summed E-state index contributed by atoms with van der Waals surface area (Å²) in [7, 11) is 1.66. The van der Waals surface area contributed by atoms with Gasteiger partial charge in [-0.3, -0.25) is 9.59 Å². The smallest absolute Gasteiger partial charge is 0.252 e. The normalized spacial score (nSPS) is 25.8. The molecule has 2 fully saturated rings. The lowest BCUT2D eigenvalue weighted by Crippen LogP contribution is -2.39. The second-order valence-electron chi connectivity index (χ2n) is 6.07. The summed E-state index contributed by atoms with van der Waals surface area (Å²) < 4.78 is 0. The van der Waals surface area contributed by atoms with Gasteiger partial charge in [0, 0.05) is 32.1 Å². The number of anilines is 1. The Morgan fingerprint density at radius 2 is 2.30 bits per heavy atom. The van der Waals surface area contributed by atoms with Crippen LogP contribution in [0.15, 0.2) is 10.9 Å². The van der Waals surface area contributed by atoms with Crippen molar-refractivity contribution in [3.05, 3.63) is 22.2 Å². The van der Waals surface area contributed by atoms with Crippen LogP contribution in [0.3, 0.4) is 0 Å². The van der Waals surface area contributed by atoms with Crippen LogP contribution in [0.25, 0.3) is 0 Å². The maximum atomic E-state index is 11.9. The van der Waals surface area contributed by atoms with E-state index in [2.05, 4.69) is 15.3 Å². The molecule has 1 aliphatic carbocycles. The van der Waals surface area contributed by atoms with Crippen LogP contribution in [0, 0.1) is 5.41 Å². The Labute approximate surface area is 117 Å². The maximum absolute atomic E-state index is 11.9. The summed E-state index contributed by atoms with van der Waals surface area (Å²) in [6.45, 7) is 3.32. The third-order valence-electron chi connectivity index (χ3n) is 4.28. The molecule has 1 atom stereocenters. The third kappa shape index (κ3) is 2.30. The largest absolute Gasteiger partial charge is 0.359 e. The predicted molar refractivity (Wildman–Crippen MR) is 75.8 cm³/mol. The Kier molecular flexibility index (Phi) is 3.03. The molecular weight excluding hydrogens is 256 g/mol. The number of carbonyl (C=O) groups is 1. The van der Waals surface area contributed by atoms with Crippen LogP contribution in [0.2, 0.25) is 0 Å². The zero-order valence-electron chi connectivity index (χ0n) is 11.9. The van der Waals surface area contributed by atoms with Gasteiger partial charge in [-0.15, -0.1) is 0 Å². The minimum Gasteiger partial charge on any atom is -0.359 e. The van der Waals surface area contributed by atoms with Crippen molar-refractivity contribution >= 4 is 11.7 Å². The number of aromatic amines is 1. The first-order chi connectivity index (χ1) is 9.51. The number of hydrogen-bond acceptors (Lipinski definition) is 4. The van der Waals surface area contributed by atoms with Crippen molar-refractivity contribution in [2.75, 3.05) is 25.0 Å². The molecule has 6 heteroatoms. The van der Waals surface area contributed by atoms with Gasteiger partial charge < -0.3 is 15.2 Å². The molecule has 3 rings (SSSR count). The predicted octanol–water partition coefficient (Wildman–Crippen LogP) is 0.610. The van der Waals surface area contributed by atoms with Gasteiger partial charge in [-0.25, -0.2) is 4.98 Å². The third-order valence-corrected chi connectivity index (χ3v) is 4.28. The van der Waals surface area contributed by atoms with Crippen LogP contribution in [0.5, 0.6) is 0 Å². The first-order valence-corrected chi connectivity index (χ1v) is 7.10. The summed E-state index contributed by atoms with van der Waals surface area (Å²) in [6, 6.07) is 1.53. The Bertz CT molecular complexity index is 593. The number of carbonyl (C=O) groups excluding carboxylic acids is 1. The molecule has 2 heterocycles. The Morgan fingerprint density at radius 3 is 2.95 bits per heavy atom. The van der Waals surface area contributed by atoms with Crippen LogP contribution in [0.4, 0.5) is 5.82 Å². The Balaban J connectivity index is 1.84. The number of hydrogen-bond donors (Lipinski definition) is 2. The second-order valence-corrected chi connectivity index (χ2v) is 6.07. The van der Waals surface area contributed by atoms with E-state index >= 15 is 0 Å². The molecule has 1 unspecified atom stereocenters. The fourth-order valence-corrected chi connectivity index (χ4v) is 2.82. The number of aromatic nitrogens is 2. The highest BCUT2D eigenvalue weighted by Gasteiger charge is 2.40. The van der Waals surface area contributed by atoms with Gasteiger partial charge in [-0.1, -0.05) is 0 Å². The van der Waals surface area contributed by atoms with E-state index in [0.29, 0.717) is 18.3 Å². The van der Waals surface area contributed by atoms with Crippen LogP contribution in [0.1, 0.15) is 37.9 Å². The van der Waals surface area contributed by atoms with Gasteiger partial charge in [0.25, 0.3) is 5.56 Å². The van der Waals surface area contributed by atoms with Gasteiger partial charge in [-0.05, 0) is 26.2 Å². The monoisotopic (exact) mass is 276 g/mol. The lowest BCUT2D eigenvalue weighted by atomic mass is 9.89. The number of nitrogens with one attached hydrogen (secondary N) is 2. The number of nitrogens with zero attached hydrogens (tertiary/aromatic N) is 2. The van der Waals surface area contributed by atoms with E-state index in [1.165, 1.54) is 6.07 Å². The molecule has 6 nitrogen and oxygen atoms in total. The van der Waals surface area contributed by atoms with Crippen molar-refractivity contribution in [3.8, 4) is 0 Å². The first kappa shape index (κ1) is 13.1. The summed E-state index contributed by atoms with van der Waals surface area (Å²) in [5, 5.41) is 2.72. The molecule has 1 aromatic heterocycles. The molecular formula is C14H20N4O2. The molecule has 20 heavy (non-hydrogen) atoms. The van der Waals surface area contributed by atoms with Crippen LogP contribution in [-0.4, -0.2) is 36.0 Å². The number of rotatable bonds is 3. The Morgan fingerprint density at radius 1 is 1.55 bits per heavy atom. The molecule has 2 N–H and O–H groups in total. The van der Waals surface area contributed by atoms with Crippen molar-refractivity contribution in [3.63, 3.8) is 0 Å². The van der Waals surface area contributed by atoms with Crippen molar-refractivity contribution in [1.29, 1.82) is 0 Å². The standard InChI is InChI=1S/C14H20N4O2/c1-14(13(20)15-2)5-6-18(8-14)10-7-11(19)17-12(16-10)9-3-4-9/h7,9H,3-6,8H2,1-2H3,(H,15,20)(H,16,17,19). The quantitative estimate of drug-likeness (QED) is 0.848. The second kappa shape index (κ2) is 4.61. The highest BCUT2D eigenvalue weighted by Crippen LogP contribution is 2.38. The lowest BCUT2D eigenvalue weighted by molar-refractivity contribution is -0.128. The highest BCUT2D eigenvalue weighted by atomic mass is 16.2. The fourth-order valence-electron chi connectivity index (χ4n) is 2.82. The van der Waals surface area contributed by atoms with Crippen molar-refractivity contribution in [2.45, 2.75) is 32.1 Å². The molecule has 0 bridgehead atoms. The molecule has 0 spiro atoms. The molecule has 1 saturated heterocycles. The van der Waals surface area contributed by atoms with Crippen molar-refractivity contribution in [2.24, 2.45) is 5.41 Å². The van der Waals surface area contributed by atoms with E-state index in [1.54, 1.807) is 7.05 Å². The topological polar surface area (TPSA) is 78.1 Å². The summed E-state index contributed by atoms with van der Waals surface area (Å²) >= 11 is 0. The van der Waals surface area contributed by atoms with Gasteiger partial charge in [-0.2, -0.15) is 0 Å². The summed E-state index contributed by atoms with van der Waals surface area (Å²) in [6.07, 6.45) is 2.98. The van der Waals surface area contributed by atoms with Gasteiger partial charge >= 0.3 is 0 Å². The zero-order chi connectivity index (χ0) is 14.3. The van der Waals surface area contributed by atoms with Gasteiger partial charge in [0.1, 0.15) is 11.6 Å². The summed E-state index contributed by atoms with van der Waals surface area (Å²) in [4.78, 5) is 33.1. The SMILES string of the molecule is CNC(=O)C1(C)CCN(c2cc(=O)[nH]c(C3CC3)n2)C1. The molecule has 0 aromatic carbocycles. The Hall–Kier alpha value is -1.85. The average Bonchev–Trinajstić information content (AvgIpc) is 3.20. The maximum Gasteiger partial charge on any atom is 0.252 e. The van der Waals surface area contributed by atoms with E-state index in [1.807, 2.05) is 11.8 Å². The van der Waals surface area contributed by atoms with Crippen LogP contribution >= 0.6 is 0 Å². The number of amides is 1. The van der Waals surface area contributed by atoms with Gasteiger partial charge in [0.2, 0.25) is 5.91 Å². The average molecular weight is 276 g/mol. The summed E-state index contributed by atoms with van der Waals surface area (Å²) in [5.74, 6) is 1.95. The van der Waals surface area contributed by atoms with Gasteiger partial charge in [0.05, 0.1) is 5.41 Å². The van der Waals surface area contributed by atoms with Gasteiger partial charge in [0.15, 0.2) is 0 Å². The van der Waals surface area contributed by atoms with E-state index in [4.69, 9.17) is 0 Å².